The van der Waals surface area contributed by atoms with Crippen LogP contribution in [0.5, 0.6) is 11.5 Å². The first-order valence-electron chi connectivity index (χ1n) is 9.15. The summed E-state index contributed by atoms with van der Waals surface area (Å²) >= 11 is 0. The lowest BCUT2D eigenvalue weighted by Crippen LogP contribution is -2.33. The van der Waals surface area contributed by atoms with E-state index in [1.165, 1.54) is 12.1 Å². The molecule has 0 unspecified atom stereocenters. The molecule has 0 spiro atoms. The number of rotatable bonds is 9. The number of carbonyl (C=O) groups excluding carboxylic acids is 1. The van der Waals surface area contributed by atoms with E-state index in [0.29, 0.717) is 23.5 Å². The van der Waals surface area contributed by atoms with Gasteiger partial charge in [0.1, 0.15) is 5.82 Å². The summed E-state index contributed by atoms with van der Waals surface area (Å²) in [6, 6.07) is 11.1. The van der Waals surface area contributed by atoms with E-state index < -0.39 is 12.6 Å². The second-order valence-corrected chi connectivity index (χ2v) is 6.53. The van der Waals surface area contributed by atoms with Crippen LogP contribution in [-0.4, -0.2) is 41.1 Å². The zero-order chi connectivity index (χ0) is 20.1. The molecule has 1 aliphatic rings. The molecule has 148 valence electrons. The Hall–Kier alpha value is -3.09. The van der Waals surface area contributed by atoms with Crippen molar-refractivity contribution in [2.24, 2.45) is 0 Å². The first kappa shape index (κ1) is 19.7. The molecular formula is C21H22FNO5. The van der Waals surface area contributed by atoms with Gasteiger partial charge in [0.05, 0.1) is 6.61 Å². The van der Waals surface area contributed by atoms with Gasteiger partial charge < -0.3 is 19.5 Å². The van der Waals surface area contributed by atoms with E-state index in [1.54, 1.807) is 42.2 Å². The topological polar surface area (TPSA) is 76.1 Å². The second kappa shape index (κ2) is 8.73. The van der Waals surface area contributed by atoms with Crippen molar-refractivity contribution in [3.05, 3.63) is 59.4 Å². The van der Waals surface area contributed by atoms with Crippen LogP contribution in [0.2, 0.25) is 0 Å². The second-order valence-electron chi connectivity index (χ2n) is 6.53. The van der Waals surface area contributed by atoms with Crippen LogP contribution < -0.4 is 9.47 Å². The van der Waals surface area contributed by atoms with E-state index in [1.807, 2.05) is 0 Å². The highest BCUT2D eigenvalue weighted by Gasteiger charge is 2.33. The molecule has 0 atom stereocenters. The number of carbonyl (C=O) groups is 2. The van der Waals surface area contributed by atoms with E-state index in [-0.39, 0.29) is 30.1 Å². The van der Waals surface area contributed by atoms with Crippen molar-refractivity contribution in [1.82, 2.24) is 4.90 Å². The van der Waals surface area contributed by atoms with Gasteiger partial charge >= 0.3 is 5.97 Å². The van der Waals surface area contributed by atoms with E-state index in [2.05, 4.69) is 0 Å². The van der Waals surface area contributed by atoms with Crippen molar-refractivity contribution in [2.45, 2.75) is 32.4 Å². The summed E-state index contributed by atoms with van der Waals surface area (Å²) in [6.07, 6.45) is 1.77. The number of hydrogen-bond donors (Lipinski definition) is 1. The normalized spacial score (nSPS) is 13.1. The van der Waals surface area contributed by atoms with Crippen LogP contribution in [0, 0.1) is 5.82 Å². The number of halogens is 1. The van der Waals surface area contributed by atoms with Gasteiger partial charge in [-0.25, -0.2) is 9.18 Å². The number of carboxylic acid groups (broad SMARTS) is 1. The van der Waals surface area contributed by atoms with Crippen molar-refractivity contribution in [3.63, 3.8) is 0 Å². The Balaban J connectivity index is 1.83. The van der Waals surface area contributed by atoms with Crippen molar-refractivity contribution >= 4 is 11.9 Å². The van der Waals surface area contributed by atoms with Gasteiger partial charge in [-0.2, -0.15) is 0 Å². The van der Waals surface area contributed by atoms with Crippen molar-refractivity contribution < 1.29 is 28.6 Å². The Morgan fingerprint density at radius 2 is 1.89 bits per heavy atom. The lowest BCUT2D eigenvalue weighted by molar-refractivity contribution is -0.139. The van der Waals surface area contributed by atoms with Gasteiger partial charge in [0.25, 0.3) is 5.91 Å². The monoisotopic (exact) mass is 387 g/mol. The van der Waals surface area contributed by atoms with Gasteiger partial charge in [-0.05, 0) is 44.0 Å². The average Bonchev–Trinajstić information content (AvgIpc) is 3.51. The van der Waals surface area contributed by atoms with Crippen LogP contribution in [0.4, 0.5) is 4.39 Å². The molecule has 0 radical (unpaired) electrons. The van der Waals surface area contributed by atoms with Gasteiger partial charge in [-0.15, -0.1) is 0 Å². The maximum absolute atomic E-state index is 14.0. The molecule has 3 rings (SSSR count). The van der Waals surface area contributed by atoms with Gasteiger partial charge in [-0.1, -0.05) is 18.2 Å². The molecule has 1 saturated carbocycles. The molecule has 2 aromatic rings. The molecule has 0 saturated heterocycles. The molecule has 0 aromatic heterocycles. The third kappa shape index (κ3) is 4.79. The number of benzene rings is 2. The predicted molar refractivity (Wildman–Crippen MR) is 100 cm³/mol. The predicted octanol–water partition coefficient (Wildman–Crippen LogP) is 3.49. The fraction of sp³-hybridized carbons (Fsp3) is 0.333. The van der Waals surface area contributed by atoms with E-state index in [9.17, 15) is 14.0 Å². The number of amides is 1. The molecule has 0 aliphatic heterocycles. The highest BCUT2D eigenvalue weighted by atomic mass is 19.1. The highest BCUT2D eigenvalue weighted by Crippen LogP contribution is 2.33. The SMILES string of the molecule is CCOc1cc(C(=O)N(Cc2ccccc2F)C2CC2)ccc1OCC(=O)O. The third-order valence-corrected chi connectivity index (χ3v) is 4.39. The number of ether oxygens (including phenoxy) is 2. The summed E-state index contributed by atoms with van der Waals surface area (Å²) in [5.74, 6) is -1.11. The Morgan fingerprint density at radius 1 is 1.14 bits per heavy atom. The Bertz CT molecular complexity index is 866. The molecule has 1 aliphatic carbocycles. The van der Waals surface area contributed by atoms with Gasteiger partial charge in [0.2, 0.25) is 0 Å². The maximum atomic E-state index is 14.0. The van der Waals surface area contributed by atoms with Crippen LogP contribution in [0.1, 0.15) is 35.7 Å². The van der Waals surface area contributed by atoms with E-state index >= 15 is 0 Å². The Morgan fingerprint density at radius 3 is 2.54 bits per heavy atom. The molecular weight excluding hydrogens is 365 g/mol. The molecule has 0 bridgehead atoms. The van der Waals surface area contributed by atoms with Crippen molar-refractivity contribution in [3.8, 4) is 11.5 Å². The standard InChI is InChI=1S/C21H22FNO5/c1-2-27-19-11-14(7-10-18(19)28-13-20(24)25)21(26)23(16-8-9-16)12-15-5-3-4-6-17(15)22/h3-7,10-11,16H,2,8-9,12-13H2,1H3,(H,24,25). The van der Waals surface area contributed by atoms with E-state index in [0.717, 1.165) is 12.8 Å². The average molecular weight is 387 g/mol. The van der Waals surface area contributed by atoms with Crippen LogP contribution in [-0.2, 0) is 11.3 Å². The summed E-state index contributed by atoms with van der Waals surface area (Å²) in [6.45, 7) is 1.80. The molecule has 1 fully saturated rings. The summed E-state index contributed by atoms with van der Waals surface area (Å²) in [5.41, 5.74) is 0.851. The van der Waals surface area contributed by atoms with Crippen LogP contribution >= 0.6 is 0 Å². The van der Waals surface area contributed by atoms with Gasteiger partial charge in [0.15, 0.2) is 18.1 Å². The van der Waals surface area contributed by atoms with Gasteiger partial charge in [-0.3, -0.25) is 4.79 Å². The maximum Gasteiger partial charge on any atom is 0.341 e. The van der Waals surface area contributed by atoms with Crippen LogP contribution in [0.15, 0.2) is 42.5 Å². The number of nitrogens with zero attached hydrogens (tertiary/aromatic N) is 1. The smallest absolute Gasteiger partial charge is 0.341 e. The zero-order valence-corrected chi connectivity index (χ0v) is 15.6. The van der Waals surface area contributed by atoms with Crippen molar-refractivity contribution in [1.29, 1.82) is 0 Å². The molecule has 1 N–H and O–H groups in total. The summed E-state index contributed by atoms with van der Waals surface area (Å²) < 4.78 is 24.8. The largest absolute Gasteiger partial charge is 0.490 e. The molecule has 1 amide bonds. The number of carboxylic acids is 1. The summed E-state index contributed by atoms with van der Waals surface area (Å²) in [7, 11) is 0. The summed E-state index contributed by atoms with van der Waals surface area (Å²) in [5, 5.41) is 8.78. The zero-order valence-electron chi connectivity index (χ0n) is 15.6. The minimum atomic E-state index is -1.10. The molecule has 28 heavy (non-hydrogen) atoms. The number of aliphatic carboxylic acids is 1. The summed E-state index contributed by atoms with van der Waals surface area (Å²) in [4.78, 5) is 25.5. The first-order chi connectivity index (χ1) is 13.5. The molecule has 2 aromatic carbocycles. The first-order valence-corrected chi connectivity index (χ1v) is 9.15. The highest BCUT2D eigenvalue weighted by molar-refractivity contribution is 5.95. The molecule has 7 heteroatoms. The Labute approximate surface area is 162 Å². The lowest BCUT2D eigenvalue weighted by Gasteiger charge is -2.23. The van der Waals surface area contributed by atoms with Crippen LogP contribution in [0.25, 0.3) is 0 Å². The lowest BCUT2D eigenvalue weighted by atomic mass is 10.1. The minimum Gasteiger partial charge on any atom is -0.490 e. The van der Waals surface area contributed by atoms with Crippen molar-refractivity contribution in [2.75, 3.05) is 13.2 Å². The quantitative estimate of drug-likeness (QED) is 0.713. The fourth-order valence-corrected chi connectivity index (χ4v) is 2.90. The molecule has 6 nitrogen and oxygen atoms in total. The van der Waals surface area contributed by atoms with Gasteiger partial charge in [0, 0.05) is 23.7 Å². The fourth-order valence-electron chi connectivity index (χ4n) is 2.90. The van der Waals surface area contributed by atoms with E-state index in [4.69, 9.17) is 14.6 Å². The third-order valence-electron chi connectivity index (χ3n) is 4.39. The minimum absolute atomic E-state index is 0.0885. The van der Waals surface area contributed by atoms with Crippen LogP contribution in [0.3, 0.4) is 0 Å². The number of hydrogen-bond acceptors (Lipinski definition) is 4. The Kier molecular flexibility index (Phi) is 6.13. The molecule has 0 heterocycles.